The first-order valence-corrected chi connectivity index (χ1v) is 4.77. The Morgan fingerprint density at radius 1 is 1.50 bits per heavy atom. The molecule has 7 nitrogen and oxygen atoms in total. The number of amides is 1. The summed E-state index contributed by atoms with van der Waals surface area (Å²) in [5.74, 6) is -0.291. The highest BCUT2D eigenvalue weighted by atomic mass is 16.2. The van der Waals surface area contributed by atoms with Crippen molar-refractivity contribution in [2.75, 3.05) is 5.32 Å². The summed E-state index contributed by atoms with van der Waals surface area (Å²) in [6.07, 6.45) is 1.56. The average molecular weight is 220 g/mol. The average Bonchev–Trinajstić information content (AvgIpc) is 2.79. The van der Waals surface area contributed by atoms with E-state index in [1.807, 2.05) is 13.8 Å². The van der Waals surface area contributed by atoms with Gasteiger partial charge in [0.15, 0.2) is 5.69 Å². The van der Waals surface area contributed by atoms with Crippen molar-refractivity contribution in [1.82, 2.24) is 25.2 Å². The summed E-state index contributed by atoms with van der Waals surface area (Å²) < 4.78 is 1.48. The van der Waals surface area contributed by atoms with E-state index in [9.17, 15) is 4.79 Å². The zero-order valence-electron chi connectivity index (χ0n) is 9.27. The Balaban J connectivity index is 2.20. The van der Waals surface area contributed by atoms with E-state index in [0.717, 1.165) is 11.4 Å². The first kappa shape index (κ1) is 10.3. The van der Waals surface area contributed by atoms with Crippen LogP contribution in [0.4, 0.5) is 5.69 Å². The van der Waals surface area contributed by atoms with Crippen LogP contribution in [0.1, 0.15) is 21.9 Å². The monoisotopic (exact) mass is 220 g/mol. The van der Waals surface area contributed by atoms with E-state index in [-0.39, 0.29) is 11.6 Å². The number of hydrogen-bond acceptors (Lipinski definition) is 4. The van der Waals surface area contributed by atoms with Gasteiger partial charge in [-0.05, 0) is 13.8 Å². The van der Waals surface area contributed by atoms with Crippen LogP contribution < -0.4 is 5.32 Å². The van der Waals surface area contributed by atoms with Gasteiger partial charge in [0.05, 0.1) is 23.3 Å². The van der Waals surface area contributed by atoms with Crippen LogP contribution in [-0.2, 0) is 7.05 Å². The van der Waals surface area contributed by atoms with Gasteiger partial charge in [0, 0.05) is 7.05 Å². The highest BCUT2D eigenvalue weighted by molar-refractivity contribution is 6.03. The normalized spacial score (nSPS) is 10.4. The zero-order chi connectivity index (χ0) is 11.7. The quantitative estimate of drug-likeness (QED) is 0.767. The topological polar surface area (TPSA) is 88.5 Å². The summed E-state index contributed by atoms with van der Waals surface area (Å²) in [7, 11) is 1.71. The molecular weight excluding hydrogens is 208 g/mol. The predicted molar refractivity (Wildman–Crippen MR) is 57.0 cm³/mol. The molecule has 0 saturated heterocycles. The van der Waals surface area contributed by atoms with E-state index in [1.54, 1.807) is 13.2 Å². The van der Waals surface area contributed by atoms with Gasteiger partial charge in [0.2, 0.25) is 0 Å². The van der Waals surface area contributed by atoms with Crippen LogP contribution in [0.2, 0.25) is 0 Å². The van der Waals surface area contributed by atoms with E-state index in [2.05, 4.69) is 25.8 Å². The Morgan fingerprint density at radius 3 is 2.75 bits per heavy atom. The van der Waals surface area contributed by atoms with Gasteiger partial charge in [-0.1, -0.05) is 5.21 Å². The number of nitrogens with zero attached hydrogens (tertiary/aromatic N) is 4. The molecule has 0 aromatic carbocycles. The van der Waals surface area contributed by atoms with E-state index < -0.39 is 0 Å². The first-order chi connectivity index (χ1) is 7.58. The van der Waals surface area contributed by atoms with Crippen molar-refractivity contribution < 1.29 is 4.79 Å². The van der Waals surface area contributed by atoms with E-state index in [4.69, 9.17) is 0 Å². The molecule has 0 fully saturated rings. The summed E-state index contributed by atoms with van der Waals surface area (Å²) >= 11 is 0. The molecule has 0 atom stereocenters. The molecule has 84 valence electrons. The lowest BCUT2D eigenvalue weighted by Crippen LogP contribution is -2.13. The number of nitrogens with one attached hydrogen (secondary N) is 2. The smallest absolute Gasteiger partial charge is 0.277 e. The molecule has 0 aliphatic rings. The zero-order valence-corrected chi connectivity index (χ0v) is 9.27. The minimum Gasteiger partial charge on any atom is -0.317 e. The third-order valence-corrected chi connectivity index (χ3v) is 2.20. The van der Waals surface area contributed by atoms with Crippen molar-refractivity contribution in [3.05, 3.63) is 23.3 Å². The standard InChI is InChI=1S/C9H12N6O/c1-5-8(6(2)12-11-5)10-9(16)7-4-15(3)14-13-7/h4H,1-3H3,(H,10,16)(H,11,12). The summed E-state index contributed by atoms with van der Waals surface area (Å²) in [4.78, 5) is 11.8. The molecule has 7 heteroatoms. The third kappa shape index (κ3) is 1.79. The number of rotatable bonds is 2. The fraction of sp³-hybridized carbons (Fsp3) is 0.333. The number of anilines is 1. The summed E-state index contributed by atoms with van der Waals surface area (Å²) in [6, 6.07) is 0. The van der Waals surface area contributed by atoms with Gasteiger partial charge in [0.1, 0.15) is 0 Å². The molecule has 0 unspecified atom stereocenters. The Kier molecular flexibility index (Phi) is 2.43. The summed E-state index contributed by atoms with van der Waals surface area (Å²) in [6.45, 7) is 3.65. The minimum atomic E-state index is -0.291. The number of aromatic nitrogens is 5. The van der Waals surface area contributed by atoms with Crippen LogP contribution >= 0.6 is 0 Å². The molecule has 0 aliphatic carbocycles. The second kappa shape index (κ2) is 3.76. The fourth-order valence-corrected chi connectivity index (χ4v) is 1.36. The highest BCUT2D eigenvalue weighted by Crippen LogP contribution is 2.16. The molecule has 2 N–H and O–H groups in total. The maximum atomic E-state index is 11.8. The van der Waals surface area contributed by atoms with Gasteiger partial charge in [-0.3, -0.25) is 14.6 Å². The molecule has 2 heterocycles. The number of hydrogen-bond donors (Lipinski definition) is 2. The lowest BCUT2D eigenvalue weighted by Gasteiger charge is -2.01. The largest absolute Gasteiger partial charge is 0.317 e. The minimum absolute atomic E-state index is 0.280. The Bertz CT molecular complexity index is 506. The molecule has 0 saturated carbocycles. The van der Waals surface area contributed by atoms with Crippen molar-refractivity contribution in [3.63, 3.8) is 0 Å². The number of carbonyl (C=O) groups excluding carboxylic acids is 1. The summed E-state index contributed by atoms with van der Waals surface area (Å²) in [5, 5.41) is 16.9. The Hall–Kier alpha value is -2.18. The lowest BCUT2D eigenvalue weighted by atomic mass is 10.3. The maximum Gasteiger partial charge on any atom is 0.277 e. The van der Waals surface area contributed by atoms with Gasteiger partial charge in [0.25, 0.3) is 5.91 Å². The van der Waals surface area contributed by atoms with Gasteiger partial charge in [-0.25, -0.2) is 0 Å². The second-order valence-electron chi connectivity index (χ2n) is 3.54. The SMILES string of the molecule is Cc1n[nH]c(C)c1NC(=O)c1cn(C)nn1. The third-order valence-electron chi connectivity index (χ3n) is 2.20. The lowest BCUT2D eigenvalue weighted by molar-refractivity contribution is 0.102. The second-order valence-corrected chi connectivity index (χ2v) is 3.54. The Labute approximate surface area is 91.9 Å². The molecule has 0 bridgehead atoms. The van der Waals surface area contributed by atoms with Gasteiger partial charge >= 0.3 is 0 Å². The number of aromatic amines is 1. The van der Waals surface area contributed by atoms with E-state index >= 15 is 0 Å². The maximum absolute atomic E-state index is 11.8. The number of H-pyrrole nitrogens is 1. The molecule has 2 aromatic rings. The fourth-order valence-electron chi connectivity index (χ4n) is 1.36. The highest BCUT2D eigenvalue weighted by Gasteiger charge is 2.14. The van der Waals surface area contributed by atoms with Gasteiger partial charge in [-0.15, -0.1) is 5.10 Å². The molecule has 1 amide bonds. The van der Waals surface area contributed by atoms with Crippen LogP contribution in [-0.4, -0.2) is 31.1 Å². The van der Waals surface area contributed by atoms with Crippen LogP contribution in [0.15, 0.2) is 6.20 Å². The van der Waals surface area contributed by atoms with Crippen LogP contribution in [0.5, 0.6) is 0 Å². The van der Waals surface area contributed by atoms with Gasteiger partial charge < -0.3 is 5.32 Å². The summed E-state index contributed by atoms with van der Waals surface area (Å²) in [5.41, 5.74) is 2.53. The van der Waals surface area contributed by atoms with Crippen LogP contribution in [0.3, 0.4) is 0 Å². The van der Waals surface area contributed by atoms with E-state index in [0.29, 0.717) is 5.69 Å². The molecule has 0 radical (unpaired) electrons. The molecule has 2 aromatic heterocycles. The predicted octanol–water partition coefficient (Wildman–Crippen LogP) is 0.407. The van der Waals surface area contributed by atoms with Crippen molar-refractivity contribution in [2.45, 2.75) is 13.8 Å². The van der Waals surface area contributed by atoms with Crippen molar-refractivity contribution in [3.8, 4) is 0 Å². The molecule has 16 heavy (non-hydrogen) atoms. The van der Waals surface area contributed by atoms with E-state index in [1.165, 1.54) is 4.68 Å². The van der Waals surface area contributed by atoms with Crippen molar-refractivity contribution in [1.29, 1.82) is 0 Å². The molecule has 0 aliphatic heterocycles. The van der Waals surface area contributed by atoms with Crippen molar-refractivity contribution >= 4 is 11.6 Å². The Morgan fingerprint density at radius 2 is 2.25 bits per heavy atom. The first-order valence-electron chi connectivity index (χ1n) is 4.77. The molecule has 0 spiro atoms. The molecular formula is C9H12N6O. The number of carbonyl (C=O) groups is 1. The van der Waals surface area contributed by atoms with Crippen LogP contribution in [0.25, 0.3) is 0 Å². The van der Waals surface area contributed by atoms with Crippen molar-refractivity contribution in [2.24, 2.45) is 7.05 Å². The number of aryl methyl sites for hydroxylation is 3. The molecule has 2 rings (SSSR count). The van der Waals surface area contributed by atoms with Crippen LogP contribution in [0, 0.1) is 13.8 Å². The van der Waals surface area contributed by atoms with Gasteiger partial charge in [-0.2, -0.15) is 5.10 Å².